The van der Waals surface area contributed by atoms with E-state index in [1.165, 1.54) is 0 Å². The van der Waals surface area contributed by atoms with Crippen molar-refractivity contribution in [2.24, 2.45) is 0 Å². The highest BCUT2D eigenvalue weighted by atomic mass is 32.2. The average molecular weight is 258 g/mol. The van der Waals surface area contributed by atoms with Crippen molar-refractivity contribution in [1.29, 1.82) is 0 Å². The highest BCUT2D eigenvalue weighted by molar-refractivity contribution is 7.92. The largest absolute Gasteiger partial charge is 0.223 e. The molecule has 0 N–H and O–H groups in total. The molecule has 2 nitrogen and oxygen atoms in total. The van der Waals surface area contributed by atoms with Crippen molar-refractivity contribution in [2.75, 3.05) is 0 Å². The minimum Gasteiger partial charge on any atom is -0.223 e. The molecule has 1 heterocycles. The lowest BCUT2D eigenvalue weighted by Gasteiger charge is -2.12. The van der Waals surface area contributed by atoms with Crippen LogP contribution in [0.15, 0.2) is 53.4 Å². The molecule has 0 amide bonds. The van der Waals surface area contributed by atoms with Crippen LogP contribution in [0.4, 0.5) is 0 Å². The van der Waals surface area contributed by atoms with Crippen LogP contribution in [0.1, 0.15) is 21.9 Å². The van der Waals surface area contributed by atoms with E-state index in [0.29, 0.717) is 11.3 Å². The third-order valence-electron chi connectivity index (χ3n) is 3.59. The summed E-state index contributed by atoms with van der Waals surface area (Å²) in [7, 11) is -3.22. The van der Waals surface area contributed by atoms with Crippen molar-refractivity contribution < 1.29 is 8.42 Å². The van der Waals surface area contributed by atoms with Crippen molar-refractivity contribution in [3.8, 4) is 0 Å². The fraction of sp³-hybridized carbons (Fsp3) is 0.200. The summed E-state index contributed by atoms with van der Waals surface area (Å²) >= 11 is 0. The minimum absolute atomic E-state index is 0.420. The maximum absolute atomic E-state index is 12.5. The van der Waals surface area contributed by atoms with Gasteiger partial charge in [-0.05, 0) is 36.1 Å². The van der Waals surface area contributed by atoms with Crippen LogP contribution in [-0.4, -0.2) is 8.42 Å². The third kappa shape index (κ3) is 1.58. The van der Waals surface area contributed by atoms with Crippen LogP contribution in [0, 0.1) is 6.92 Å². The lowest BCUT2D eigenvalue weighted by atomic mass is 10.0. The topological polar surface area (TPSA) is 34.1 Å². The molecule has 0 saturated carbocycles. The second-order valence-electron chi connectivity index (χ2n) is 4.70. The van der Waals surface area contributed by atoms with Gasteiger partial charge in [0.05, 0.1) is 10.1 Å². The van der Waals surface area contributed by atoms with E-state index >= 15 is 0 Å². The molecule has 0 spiro atoms. The van der Waals surface area contributed by atoms with E-state index in [0.717, 1.165) is 16.7 Å². The molecule has 0 fully saturated rings. The number of sulfone groups is 1. The maximum Gasteiger partial charge on any atom is 0.185 e. The molecule has 0 aromatic heterocycles. The third-order valence-corrected chi connectivity index (χ3v) is 5.78. The van der Waals surface area contributed by atoms with Crippen molar-refractivity contribution in [1.82, 2.24) is 0 Å². The fourth-order valence-corrected chi connectivity index (χ4v) is 4.73. The molecule has 1 atom stereocenters. The fourth-order valence-electron chi connectivity index (χ4n) is 2.64. The highest BCUT2D eigenvalue weighted by Gasteiger charge is 2.38. The van der Waals surface area contributed by atoms with E-state index in [1.54, 1.807) is 12.1 Å². The van der Waals surface area contributed by atoms with Gasteiger partial charge in [-0.1, -0.05) is 42.5 Å². The van der Waals surface area contributed by atoms with E-state index in [1.807, 2.05) is 43.3 Å². The van der Waals surface area contributed by atoms with Crippen molar-refractivity contribution in [2.45, 2.75) is 23.5 Å². The highest BCUT2D eigenvalue weighted by Crippen LogP contribution is 2.41. The summed E-state index contributed by atoms with van der Waals surface area (Å²) in [6.07, 6.45) is 0.587. The summed E-state index contributed by atoms with van der Waals surface area (Å²) in [5.41, 5.74) is 2.90. The molecule has 0 aliphatic carbocycles. The summed E-state index contributed by atoms with van der Waals surface area (Å²) in [6, 6.07) is 15.0. The van der Waals surface area contributed by atoms with Crippen LogP contribution >= 0.6 is 0 Å². The van der Waals surface area contributed by atoms with Crippen LogP contribution in [0.5, 0.6) is 0 Å². The van der Waals surface area contributed by atoms with Crippen molar-refractivity contribution >= 4 is 9.84 Å². The zero-order valence-electron chi connectivity index (χ0n) is 10.1. The Morgan fingerprint density at radius 2 is 1.67 bits per heavy atom. The Labute approximate surface area is 107 Å². The first-order chi connectivity index (χ1) is 8.60. The number of rotatable bonds is 1. The van der Waals surface area contributed by atoms with Gasteiger partial charge in [0.1, 0.15) is 0 Å². The zero-order valence-corrected chi connectivity index (χ0v) is 10.9. The van der Waals surface area contributed by atoms with Gasteiger partial charge in [0.2, 0.25) is 0 Å². The quantitative estimate of drug-likeness (QED) is 0.787. The van der Waals surface area contributed by atoms with Crippen LogP contribution in [0.3, 0.4) is 0 Å². The molecule has 0 bridgehead atoms. The first kappa shape index (κ1) is 11.5. The van der Waals surface area contributed by atoms with E-state index in [9.17, 15) is 8.42 Å². The predicted molar refractivity (Wildman–Crippen MR) is 71.3 cm³/mol. The molecule has 18 heavy (non-hydrogen) atoms. The Morgan fingerprint density at radius 3 is 2.39 bits per heavy atom. The Kier molecular flexibility index (Phi) is 2.52. The first-order valence-electron chi connectivity index (χ1n) is 5.98. The molecular formula is C15H14O2S. The SMILES string of the molecule is Cc1ccccc1C1Cc2ccccc2S1(=O)=O. The Balaban J connectivity index is 2.17. The maximum atomic E-state index is 12.5. The van der Waals surface area contributed by atoms with Gasteiger partial charge in [-0.15, -0.1) is 0 Å². The minimum atomic E-state index is -3.22. The summed E-state index contributed by atoms with van der Waals surface area (Å²) < 4.78 is 25.1. The standard InChI is InChI=1S/C15H14O2S/c1-11-6-2-4-8-13(11)15-10-12-7-3-5-9-14(12)18(15,16)17/h2-9,15H,10H2,1H3. The molecule has 0 saturated heterocycles. The van der Waals surface area contributed by atoms with E-state index in [2.05, 4.69) is 0 Å². The van der Waals surface area contributed by atoms with Crippen LogP contribution in [-0.2, 0) is 16.3 Å². The molecule has 2 aromatic rings. The second kappa shape index (κ2) is 3.95. The molecule has 1 aliphatic heterocycles. The van der Waals surface area contributed by atoms with Gasteiger partial charge in [-0.2, -0.15) is 0 Å². The molecule has 1 unspecified atom stereocenters. The van der Waals surface area contributed by atoms with E-state index in [4.69, 9.17) is 0 Å². The molecule has 3 heteroatoms. The zero-order chi connectivity index (χ0) is 12.8. The summed E-state index contributed by atoms with van der Waals surface area (Å²) in [5.74, 6) is 0. The van der Waals surface area contributed by atoms with Gasteiger partial charge >= 0.3 is 0 Å². The van der Waals surface area contributed by atoms with Gasteiger partial charge in [0.15, 0.2) is 9.84 Å². The average Bonchev–Trinajstić information content (AvgIpc) is 2.63. The molecular weight excluding hydrogens is 244 g/mol. The number of benzene rings is 2. The van der Waals surface area contributed by atoms with Crippen molar-refractivity contribution in [3.63, 3.8) is 0 Å². The van der Waals surface area contributed by atoms with Gasteiger partial charge in [0.25, 0.3) is 0 Å². The summed E-state index contributed by atoms with van der Waals surface area (Å²) in [5, 5.41) is -0.420. The molecule has 0 radical (unpaired) electrons. The van der Waals surface area contributed by atoms with Crippen LogP contribution in [0.25, 0.3) is 0 Å². The predicted octanol–water partition coefficient (Wildman–Crippen LogP) is 3.07. The van der Waals surface area contributed by atoms with Crippen molar-refractivity contribution in [3.05, 3.63) is 65.2 Å². The monoisotopic (exact) mass is 258 g/mol. The Bertz CT molecular complexity index is 702. The molecule has 2 aromatic carbocycles. The number of hydrogen-bond acceptors (Lipinski definition) is 2. The van der Waals surface area contributed by atoms with Crippen LogP contribution < -0.4 is 0 Å². The summed E-state index contributed by atoms with van der Waals surface area (Å²) in [6.45, 7) is 1.97. The Hall–Kier alpha value is -1.61. The van der Waals surface area contributed by atoms with Gasteiger partial charge in [-0.3, -0.25) is 0 Å². The lowest BCUT2D eigenvalue weighted by Crippen LogP contribution is -2.09. The number of aryl methyl sites for hydroxylation is 1. The number of fused-ring (bicyclic) bond motifs is 1. The van der Waals surface area contributed by atoms with E-state index < -0.39 is 15.1 Å². The Morgan fingerprint density at radius 1 is 1.00 bits per heavy atom. The van der Waals surface area contributed by atoms with Gasteiger partial charge < -0.3 is 0 Å². The normalized spacial score (nSPS) is 20.6. The number of hydrogen-bond donors (Lipinski definition) is 0. The first-order valence-corrected chi connectivity index (χ1v) is 7.52. The van der Waals surface area contributed by atoms with E-state index in [-0.39, 0.29) is 0 Å². The van der Waals surface area contributed by atoms with Crippen LogP contribution in [0.2, 0.25) is 0 Å². The molecule has 1 aliphatic rings. The molecule has 3 rings (SSSR count). The lowest BCUT2D eigenvalue weighted by molar-refractivity contribution is 0.589. The van der Waals surface area contributed by atoms with Gasteiger partial charge in [-0.25, -0.2) is 8.42 Å². The molecule has 92 valence electrons. The smallest absolute Gasteiger partial charge is 0.185 e. The second-order valence-corrected chi connectivity index (χ2v) is 6.80. The van der Waals surface area contributed by atoms with Gasteiger partial charge in [0, 0.05) is 0 Å². The summed E-state index contributed by atoms with van der Waals surface area (Å²) in [4.78, 5) is 0.498.